The minimum absolute atomic E-state index is 0.116. The largest absolute Gasteiger partial charge is 0.347 e. The van der Waals surface area contributed by atoms with Gasteiger partial charge in [-0.05, 0) is 24.7 Å². The Balaban J connectivity index is 2.10. The fourth-order valence-electron chi connectivity index (χ4n) is 3.55. The lowest BCUT2D eigenvalue weighted by molar-refractivity contribution is 0.0154. The number of rotatable bonds is 0. The smallest absolute Gasteiger partial charge is 0.246 e. The second-order valence-corrected chi connectivity index (χ2v) is 5.08. The highest BCUT2D eigenvalue weighted by atomic mass is 16.2. The van der Waals surface area contributed by atoms with Gasteiger partial charge in [-0.3, -0.25) is 0 Å². The predicted octanol–water partition coefficient (Wildman–Crippen LogP) is 0.0403. The van der Waals surface area contributed by atoms with E-state index < -0.39 is 0 Å². The van der Waals surface area contributed by atoms with E-state index in [1.54, 1.807) is 16.4 Å². The van der Waals surface area contributed by atoms with E-state index in [0.717, 1.165) is 0 Å². The third kappa shape index (κ3) is 0.700. The van der Waals surface area contributed by atoms with Crippen LogP contribution in [0, 0.1) is 11.8 Å². The van der Waals surface area contributed by atoms with E-state index in [4.69, 9.17) is 0 Å². The van der Waals surface area contributed by atoms with Crippen molar-refractivity contribution < 1.29 is 0 Å². The van der Waals surface area contributed by atoms with Crippen molar-refractivity contribution in [2.75, 3.05) is 0 Å². The van der Waals surface area contributed by atoms with Crippen molar-refractivity contribution in [2.45, 2.75) is 24.9 Å². The van der Waals surface area contributed by atoms with Gasteiger partial charge in [-0.25, -0.2) is 23.5 Å². The molecule has 84 valence electrons. The summed E-state index contributed by atoms with van der Waals surface area (Å²) in [5.74, 6) is 1.16. The minimum Gasteiger partial charge on any atom is -0.246 e. The standard InChI is InChI=1S/C11H13N3O2/c1-12-10(15)13-8-4-5-9(14(13)11(12)16)7-3-2-6(7)8/h4-9H,2-3H2,1H3/t6-,7-,8-,9+/m0/s1. The minimum atomic E-state index is -0.172. The van der Waals surface area contributed by atoms with Crippen molar-refractivity contribution in [3.05, 3.63) is 33.1 Å². The Kier molecular flexibility index (Phi) is 1.30. The third-order valence-electron chi connectivity index (χ3n) is 4.53. The second kappa shape index (κ2) is 2.42. The average Bonchev–Trinajstić information content (AvgIpc) is 2.45. The summed E-state index contributed by atoms with van der Waals surface area (Å²) in [5, 5.41) is 0. The molecule has 0 spiro atoms. The predicted molar refractivity (Wildman–Crippen MR) is 57.4 cm³/mol. The van der Waals surface area contributed by atoms with Crippen LogP contribution in [0.4, 0.5) is 0 Å². The third-order valence-corrected chi connectivity index (χ3v) is 4.53. The van der Waals surface area contributed by atoms with Gasteiger partial charge in [0.2, 0.25) is 0 Å². The number of nitrogens with zero attached hydrogens (tertiary/aromatic N) is 3. The first-order chi connectivity index (χ1) is 7.70. The Bertz CT molecular complexity index is 567. The molecule has 2 aliphatic carbocycles. The van der Waals surface area contributed by atoms with Gasteiger partial charge < -0.3 is 0 Å². The molecule has 0 saturated heterocycles. The zero-order chi connectivity index (χ0) is 11.0. The molecule has 5 rings (SSSR count). The first kappa shape index (κ1) is 8.61. The summed E-state index contributed by atoms with van der Waals surface area (Å²) in [6.45, 7) is 0. The molecule has 2 bridgehead atoms. The zero-order valence-electron chi connectivity index (χ0n) is 9.04. The first-order valence-electron chi connectivity index (χ1n) is 5.78. The van der Waals surface area contributed by atoms with Crippen molar-refractivity contribution in [2.24, 2.45) is 18.9 Å². The highest BCUT2D eigenvalue weighted by molar-refractivity contribution is 5.17. The van der Waals surface area contributed by atoms with E-state index in [2.05, 4.69) is 12.2 Å². The van der Waals surface area contributed by atoms with Crippen molar-refractivity contribution in [3.63, 3.8) is 0 Å². The molecule has 0 N–H and O–H groups in total. The average molecular weight is 219 g/mol. The van der Waals surface area contributed by atoms with E-state index >= 15 is 0 Å². The molecule has 4 aliphatic rings. The molecule has 1 saturated carbocycles. The molecule has 16 heavy (non-hydrogen) atoms. The lowest BCUT2D eigenvalue weighted by Gasteiger charge is -2.52. The van der Waals surface area contributed by atoms with Crippen LogP contribution in [0.3, 0.4) is 0 Å². The van der Waals surface area contributed by atoms with E-state index in [0.29, 0.717) is 11.8 Å². The lowest BCUT2D eigenvalue weighted by atomic mass is 9.62. The fourth-order valence-corrected chi connectivity index (χ4v) is 3.55. The molecule has 0 unspecified atom stereocenters. The van der Waals surface area contributed by atoms with Gasteiger partial charge in [0, 0.05) is 7.05 Å². The fraction of sp³-hybridized carbons (Fsp3) is 0.636. The van der Waals surface area contributed by atoms with Gasteiger partial charge in [-0.2, -0.15) is 0 Å². The Hall–Kier alpha value is -1.52. The highest BCUT2D eigenvalue weighted by Crippen LogP contribution is 2.53. The van der Waals surface area contributed by atoms with Gasteiger partial charge in [0.25, 0.3) is 0 Å². The first-order valence-corrected chi connectivity index (χ1v) is 5.78. The van der Waals surface area contributed by atoms with E-state index in [1.807, 2.05) is 0 Å². The van der Waals surface area contributed by atoms with Crippen LogP contribution in [0.2, 0.25) is 0 Å². The summed E-state index contributed by atoms with van der Waals surface area (Å²) in [5.41, 5.74) is -0.343. The van der Waals surface area contributed by atoms with Crippen molar-refractivity contribution in [3.8, 4) is 0 Å². The van der Waals surface area contributed by atoms with E-state index in [1.165, 1.54) is 17.4 Å². The maximum absolute atomic E-state index is 12.0. The number of allylic oxidation sites excluding steroid dienone is 2. The molecule has 1 aromatic heterocycles. The quantitative estimate of drug-likeness (QED) is 0.578. The monoisotopic (exact) mass is 219 g/mol. The van der Waals surface area contributed by atoms with Crippen LogP contribution >= 0.6 is 0 Å². The molecule has 3 heterocycles. The highest BCUT2D eigenvalue weighted by Gasteiger charge is 2.50. The molecular weight excluding hydrogens is 206 g/mol. The Labute approximate surface area is 91.6 Å². The summed E-state index contributed by atoms with van der Waals surface area (Å²) < 4.78 is 4.54. The van der Waals surface area contributed by atoms with Crippen LogP contribution in [0.15, 0.2) is 21.7 Å². The summed E-state index contributed by atoms with van der Waals surface area (Å²) in [7, 11) is 1.56. The van der Waals surface area contributed by atoms with Crippen LogP contribution in [-0.2, 0) is 7.05 Å². The molecule has 5 heteroatoms. The second-order valence-electron chi connectivity index (χ2n) is 5.08. The molecule has 0 radical (unpaired) electrons. The Morgan fingerprint density at radius 2 is 1.44 bits per heavy atom. The van der Waals surface area contributed by atoms with Gasteiger partial charge in [-0.1, -0.05) is 12.2 Å². The number of hydrogen-bond acceptors (Lipinski definition) is 2. The van der Waals surface area contributed by atoms with Crippen molar-refractivity contribution in [1.82, 2.24) is 13.9 Å². The molecule has 0 aromatic carbocycles. The van der Waals surface area contributed by atoms with Crippen LogP contribution in [0.1, 0.15) is 24.9 Å². The molecule has 5 nitrogen and oxygen atoms in total. The van der Waals surface area contributed by atoms with Gasteiger partial charge in [0.1, 0.15) is 0 Å². The van der Waals surface area contributed by atoms with E-state index in [-0.39, 0.29) is 23.5 Å². The Morgan fingerprint density at radius 3 is 1.81 bits per heavy atom. The van der Waals surface area contributed by atoms with Crippen LogP contribution in [-0.4, -0.2) is 13.9 Å². The number of aromatic nitrogens is 3. The molecule has 4 atom stereocenters. The van der Waals surface area contributed by atoms with Gasteiger partial charge >= 0.3 is 11.4 Å². The van der Waals surface area contributed by atoms with Crippen LogP contribution in [0.5, 0.6) is 0 Å². The summed E-state index contributed by atoms with van der Waals surface area (Å²) in [4.78, 5) is 23.9. The maximum Gasteiger partial charge on any atom is 0.347 e. The van der Waals surface area contributed by atoms with Gasteiger partial charge in [0.05, 0.1) is 12.1 Å². The molecule has 2 aliphatic heterocycles. The molecule has 0 amide bonds. The summed E-state index contributed by atoms with van der Waals surface area (Å²) >= 11 is 0. The van der Waals surface area contributed by atoms with E-state index in [9.17, 15) is 9.59 Å². The van der Waals surface area contributed by atoms with Crippen molar-refractivity contribution in [1.29, 1.82) is 0 Å². The normalized spacial score (nSPS) is 38.1. The molecular formula is C11H13N3O2. The SMILES string of the molecule is Cn1c(=O)n2n(c1=O)[C@H]1C=C[C@@H]2[C@H]2CC[C@@H]21. The molecule has 1 aromatic rings. The topological polar surface area (TPSA) is 48.9 Å². The Morgan fingerprint density at radius 1 is 1.00 bits per heavy atom. The van der Waals surface area contributed by atoms with Crippen LogP contribution in [0.25, 0.3) is 0 Å². The summed E-state index contributed by atoms with van der Waals surface area (Å²) in [6.07, 6.45) is 6.58. The summed E-state index contributed by atoms with van der Waals surface area (Å²) in [6, 6.07) is 0.232. The molecule has 1 fully saturated rings. The number of hydrogen-bond donors (Lipinski definition) is 0. The van der Waals surface area contributed by atoms with Gasteiger partial charge in [0.15, 0.2) is 0 Å². The van der Waals surface area contributed by atoms with Gasteiger partial charge in [-0.15, -0.1) is 0 Å². The van der Waals surface area contributed by atoms with Crippen LogP contribution < -0.4 is 11.4 Å². The lowest BCUT2D eigenvalue weighted by Crippen LogP contribution is -2.52. The van der Waals surface area contributed by atoms with Crippen molar-refractivity contribution >= 4 is 0 Å². The zero-order valence-corrected chi connectivity index (χ0v) is 9.04. The maximum atomic E-state index is 12.0.